The zero-order valence-electron chi connectivity index (χ0n) is 37.2. The Balaban J connectivity index is 1.06. The quantitative estimate of drug-likeness (QED) is 0.0966. The van der Waals surface area contributed by atoms with E-state index in [0.717, 1.165) is 45.3 Å². The number of aromatic nitrogens is 7. The van der Waals surface area contributed by atoms with E-state index in [9.17, 15) is 44.1 Å². The Morgan fingerprint density at radius 3 is 2.15 bits per heavy atom. The number of imide groups is 1. The van der Waals surface area contributed by atoms with Crippen LogP contribution in [0.3, 0.4) is 0 Å². The van der Waals surface area contributed by atoms with Gasteiger partial charge in [0.2, 0.25) is 5.91 Å². The monoisotopic (exact) mass is 1080 g/mol. The van der Waals surface area contributed by atoms with Crippen LogP contribution in [0.2, 0.25) is 0 Å². The Labute approximate surface area is 430 Å². The molecule has 2 aliphatic rings. The number of benzene rings is 1. The highest BCUT2D eigenvalue weighted by Gasteiger charge is 2.44. The molecule has 1 saturated heterocycles. The lowest BCUT2D eigenvalue weighted by Crippen LogP contribution is -2.43. The summed E-state index contributed by atoms with van der Waals surface area (Å²) in [5.41, 5.74) is 7.65. The molecule has 10 bridgehead atoms. The Kier molecular flexibility index (Phi) is 13.4. The Bertz CT molecular complexity index is 3440. The molecule has 6 amide bonds. The van der Waals surface area contributed by atoms with Crippen LogP contribution in [0.15, 0.2) is 69.4 Å². The zero-order valence-corrected chi connectivity index (χ0v) is 42.1. The number of nitrogens with zero attached hydrogens (tertiary/aromatic N) is 8. The standard InChI is InChI=1S/C45H36N12O9S6/c1-17-28(58)11-57-33(17)43-52-26(15-71-43)40-49-23(12-68-40)31-20(8-9-21(47-31)39-53-27(16-69-39)44(64)65)38-50-24(13-67-38)35(61)48-22(10-29(46)59)41-55-30(18(2)72-41)37(63)54-32(34(60)19-6-4-3-5-7-19)42-51-25(14-70-42)36(62)56-45(57)66/h3-9,12-17,22,28,32-34,58,60H,10-11H2,1-2H3,(H2,46,59)(H,48,61)(H,54,63)(H,64,65)(H,56,62,66)/t17-,22-,28-,32-,33-,34+/m0/s1. The van der Waals surface area contributed by atoms with Crippen molar-refractivity contribution >= 4 is 104 Å². The van der Waals surface area contributed by atoms with Crippen molar-refractivity contribution < 1.29 is 44.1 Å². The molecule has 0 radical (unpaired) electrons. The summed E-state index contributed by atoms with van der Waals surface area (Å²) in [6, 6.07) is 7.94. The smallest absolute Gasteiger partial charge is 0.355 e. The number of aromatic carboxylic acids is 1. The summed E-state index contributed by atoms with van der Waals surface area (Å²) in [6.45, 7) is 3.29. The molecule has 21 nitrogen and oxygen atoms in total. The molecule has 1 fully saturated rings. The lowest BCUT2D eigenvalue weighted by atomic mass is 10.0. The molecule has 0 spiro atoms. The average Bonchev–Trinajstić information content (AvgIpc) is 4.23. The van der Waals surface area contributed by atoms with Crippen molar-refractivity contribution in [1.29, 1.82) is 0 Å². The number of rotatable bonds is 6. The summed E-state index contributed by atoms with van der Waals surface area (Å²) in [4.78, 5) is 115. The van der Waals surface area contributed by atoms with Crippen molar-refractivity contribution in [1.82, 2.24) is 55.7 Å². The number of hydrogen-bond donors (Lipinski definition) is 7. The van der Waals surface area contributed by atoms with E-state index in [1.807, 2.05) is 0 Å². The number of nitrogens with one attached hydrogen (secondary N) is 3. The van der Waals surface area contributed by atoms with E-state index in [4.69, 9.17) is 20.7 Å². The van der Waals surface area contributed by atoms with Crippen molar-refractivity contribution in [2.75, 3.05) is 6.54 Å². The summed E-state index contributed by atoms with van der Waals surface area (Å²) in [7, 11) is 0. The van der Waals surface area contributed by atoms with Gasteiger partial charge in [0.05, 0.1) is 30.3 Å². The normalized spacial score (nSPS) is 19.8. The van der Waals surface area contributed by atoms with Gasteiger partial charge in [0, 0.05) is 49.8 Å². The van der Waals surface area contributed by atoms with Crippen molar-refractivity contribution in [3.8, 4) is 43.4 Å². The molecule has 72 heavy (non-hydrogen) atoms. The van der Waals surface area contributed by atoms with Gasteiger partial charge < -0.3 is 36.6 Å². The fourth-order valence-electron chi connectivity index (χ4n) is 8.01. The van der Waals surface area contributed by atoms with Gasteiger partial charge >= 0.3 is 12.0 Å². The largest absolute Gasteiger partial charge is 0.476 e. The fourth-order valence-corrected chi connectivity index (χ4v) is 13.3. The number of aryl methyl sites for hydroxylation is 1. The number of aliphatic hydroxyl groups is 2. The van der Waals surface area contributed by atoms with Gasteiger partial charge in [-0.3, -0.25) is 24.5 Å². The van der Waals surface area contributed by atoms with E-state index < -0.39 is 71.9 Å². The maximum atomic E-state index is 14.2. The summed E-state index contributed by atoms with van der Waals surface area (Å²) in [5, 5.41) is 50.2. The van der Waals surface area contributed by atoms with E-state index in [1.165, 1.54) is 43.7 Å². The highest BCUT2D eigenvalue weighted by molar-refractivity contribution is 7.15. The summed E-state index contributed by atoms with van der Waals surface area (Å²) >= 11 is 6.73. The molecule has 10 rings (SSSR count). The molecule has 27 heteroatoms. The maximum Gasteiger partial charge on any atom is 0.355 e. The highest BCUT2D eigenvalue weighted by atomic mass is 32.1. The van der Waals surface area contributed by atoms with Gasteiger partial charge in [-0.15, -0.1) is 68.0 Å². The van der Waals surface area contributed by atoms with Crippen molar-refractivity contribution in [2.24, 2.45) is 11.7 Å². The van der Waals surface area contributed by atoms with Crippen LogP contribution in [0.1, 0.15) is 105 Å². The molecular formula is C45H36N12O9S6. The van der Waals surface area contributed by atoms with E-state index in [0.29, 0.717) is 58.8 Å². The van der Waals surface area contributed by atoms with Crippen LogP contribution in [0.4, 0.5) is 4.79 Å². The number of hydrogen-bond acceptors (Lipinski definition) is 21. The number of nitrogens with two attached hydrogens (primary N) is 1. The number of carbonyl (C=O) groups is 6. The van der Waals surface area contributed by atoms with E-state index >= 15 is 0 Å². The molecule has 6 atom stereocenters. The van der Waals surface area contributed by atoms with E-state index in [1.54, 1.807) is 67.1 Å². The van der Waals surface area contributed by atoms with Crippen LogP contribution >= 0.6 is 68.0 Å². The number of thiazole rings is 6. The fraction of sp³-hybridized carbons (Fsp3) is 0.222. The summed E-state index contributed by atoms with van der Waals surface area (Å²) in [6.07, 6.45) is -2.73. The number of carboxylic acids is 1. The van der Waals surface area contributed by atoms with Crippen molar-refractivity contribution in [3.63, 3.8) is 0 Å². The molecule has 8 N–H and O–H groups in total. The van der Waals surface area contributed by atoms with Crippen LogP contribution in [-0.2, 0) is 4.79 Å². The molecule has 7 aromatic heterocycles. The van der Waals surface area contributed by atoms with E-state index in [-0.39, 0.29) is 45.8 Å². The van der Waals surface area contributed by atoms with Crippen LogP contribution < -0.4 is 21.7 Å². The van der Waals surface area contributed by atoms with Gasteiger partial charge in [-0.05, 0) is 24.6 Å². The Hall–Kier alpha value is -7.11. The third-order valence-corrected chi connectivity index (χ3v) is 17.2. The number of urea groups is 1. The molecule has 366 valence electrons. The molecule has 0 saturated carbocycles. The van der Waals surface area contributed by atoms with Gasteiger partial charge in [0.25, 0.3) is 17.7 Å². The number of amides is 6. The number of pyridine rings is 1. The average molecular weight is 1080 g/mol. The van der Waals surface area contributed by atoms with Crippen LogP contribution in [0.25, 0.3) is 43.4 Å². The van der Waals surface area contributed by atoms with Gasteiger partial charge in [-0.2, -0.15) is 0 Å². The second kappa shape index (κ2) is 19.8. The van der Waals surface area contributed by atoms with Crippen molar-refractivity contribution in [3.05, 3.63) is 118 Å². The SMILES string of the molecule is Cc1sc2nc1C(=O)N[C@@H]([C@H](O)c1ccccc1)c1nc(cs1)C(=O)NC(=O)N1C[C@H](O)[C@H](C)[C@H]1c1nc(cs1)-c1nc(cs1)-c1nc(-c3nc(C(=O)O)cs3)ccc1-c1nc(cs1)C(=O)N[C@H]2CC(N)=O. The van der Waals surface area contributed by atoms with Gasteiger partial charge in [0.1, 0.15) is 76.4 Å². The first-order chi connectivity index (χ1) is 34.6. The summed E-state index contributed by atoms with van der Waals surface area (Å²) < 4.78 is 0. The molecule has 9 heterocycles. The number of primary amides is 1. The minimum Gasteiger partial charge on any atom is -0.476 e. The number of fused-ring (bicyclic) bond motifs is 16. The number of carbonyl (C=O) groups excluding carboxylic acids is 5. The number of aliphatic hydroxyl groups excluding tert-OH is 2. The summed E-state index contributed by atoms with van der Waals surface area (Å²) in [5.74, 6) is -4.76. The third-order valence-electron chi connectivity index (χ3n) is 11.7. The van der Waals surface area contributed by atoms with E-state index in [2.05, 4.69) is 35.9 Å². The lowest BCUT2D eigenvalue weighted by Gasteiger charge is -2.24. The zero-order chi connectivity index (χ0) is 50.5. The minimum absolute atomic E-state index is 0.0214. The topological polar surface area (TPSA) is 319 Å². The molecule has 0 unspecified atom stereocenters. The maximum absolute atomic E-state index is 14.2. The first kappa shape index (κ1) is 48.5. The molecular weight excluding hydrogens is 1040 g/mol. The predicted octanol–water partition coefficient (Wildman–Crippen LogP) is 6.26. The van der Waals surface area contributed by atoms with Crippen LogP contribution in [0.5, 0.6) is 0 Å². The Morgan fingerprint density at radius 2 is 1.39 bits per heavy atom. The van der Waals surface area contributed by atoms with Crippen LogP contribution in [-0.4, -0.2) is 103 Å². The predicted molar refractivity (Wildman–Crippen MR) is 268 cm³/mol. The minimum atomic E-state index is -1.38. The first-order valence-electron chi connectivity index (χ1n) is 21.5. The van der Waals surface area contributed by atoms with Gasteiger partial charge in [-0.25, -0.2) is 44.5 Å². The first-order valence-corrected chi connectivity index (χ1v) is 26.7. The number of carboxylic acid groups (broad SMARTS) is 1. The molecule has 0 aliphatic carbocycles. The highest BCUT2D eigenvalue weighted by Crippen LogP contribution is 2.42. The van der Waals surface area contributed by atoms with Gasteiger partial charge in [0.15, 0.2) is 5.69 Å². The Morgan fingerprint density at radius 1 is 0.722 bits per heavy atom. The molecule has 8 aromatic rings. The van der Waals surface area contributed by atoms with Crippen molar-refractivity contribution in [2.45, 2.75) is 50.6 Å². The second-order valence-corrected chi connectivity index (χ2v) is 22.0. The second-order valence-electron chi connectivity index (χ2n) is 16.4. The third kappa shape index (κ3) is 9.54. The van der Waals surface area contributed by atoms with Gasteiger partial charge in [-0.1, -0.05) is 37.3 Å². The van der Waals surface area contributed by atoms with Crippen LogP contribution in [0, 0.1) is 12.8 Å². The molecule has 2 aliphatic heterocycles. The molecule has 1 aromatic carbocycles. The lowest BCUT2D eigenvalue weighted by molar-refractivity contribution is -0.118.